The van der Waals surface area contributed by atoms with Crippen LogP contribution >= 0.6 is 0 Å². The summed E-state index contributed by atoms with van der Waals surface area (Å²) in [6.45, 7) is 0. The van der Waals surface area contributed by atoms with Crippen molar-refractivity contribution in [1.29, 1.82) is 10.5 Å². The number of anilines is 2. The van der Waals surface area contributed by atoms with Crippen molar-refractivity contribution < 1.29 is 0 Å². The predicted molar refractivity (Wildman–Crippen MR) is 113 cm³/mol. The van der Waals surface area contributed by atoms with Gasteiger partial charge in [0.15, 0.2) is 0 Å². The third-order valence-electron chi connectivity index (χ3n) is 4.97. The molecule has 1 aliphatic rings. The molecule has 3 aromatic carbocycles. The lowest BCUT2D eigenvalue weighted by atomic mass is 10.1. The zero-order valence-corrected chi connectivity index (χ0v) is 15.5. The molecule has 0 N–H and O–H groups in total. The van der Waals surface area contributed by atoms with Gasteiger partial charge in [0.2, 0.25) is 0 Å². The number of hydrogen-bond donors (Lipinski definition) is 0. The van der Waals surface area contributed by atoms with E-state index in [2.05, 4.69) is 65.6 Å². The number of allylic oxidation sites excluding steroid dienone is 3. The maximum absolute atomic E-state index is 9.47. The maximum Gasteiger partial charge on any atom is 0.101 e. The van der Waals surface area contributed by atoms with Crippen LogP contribution < -0.4 is 4.90 Å². The number of nitrogens with zero attached hydrogens (tertiary/aromatic N) is 3. The summed E-state index contributed by atoms with van der Waals surface area (Å²) in [5.74, 6) is 0. The summed E-state index contributed by atoms with van der Waals surface area (Å²) in [5.41, 5.74) is 3.79. The van der Waals surface area contributed by atoms with Crippen molar-refractivity contribution in [2.24, 2.45) is 0 Å². The van der Waals surface area contributed by atoms with E-state index < -0.39 is 0 Å². The van der Waals surface area contributed by atoms with Crippen molar-refractivity contribution in [1.82, 2.24) is 0 Å². The molecule has 3 heteroatoms. The number of benzene rings is 3. The Balaban J connectivity index is 1.90. The second kappa shape index (κ2) is 7.82. The third-order valence-corrected chi connectivity index (χ3v) is 4.97. The quantitative estimate of drug-likeness (QED) is 0.546. The van der Waals surface area contributed by atoms with E-state index >= 15 is 0 Å². The molecule has 0 amide bonds. The van der Waals surface area contributed by atoms with E-state index in [0.717, 1.165) is 41.7 Å². The predicted octanol–water partition coefficient (Wildman–Crippen LogP) is 6.35. The Bertz CT molecular complexity index is 1170. The summed E-state index contributed by atoms with van der Waals surface area (Å²) in [4.78, 5) is 2.16. The van der Waals surface area contributed by atoms with Crippen LogP contribution in [-0.4, -0.2) is 0 Å². The van der Waals surface area contributed by atoms with Crippen molar-refractivity contribution in [3.8, 4) is 12.1 Å². The lowest BCUT2D eigenvalue weighted by molar-refractivity contribution is 0.873. The molecule has 0 radical (unpaired) electrons. The fourth-order valence-corrected chi connectivity index (χ4v) is 3.55. The average molecular weight is 361 g/mol. The van der Waals surface area contributed by atoms with Crippen molar-refractivity contribution in [2.75, 3.05) is 4.90 Å². The molecule has 0 bridgehead atoms. The zero-order valence-electron chi connectivity index (χ0n) is 15.5. The van der Waals surface area contributed by atoms with Gasteiger partial charge in [0.1, 0.15) is 12.1 Å². The lowest BCUT2D eigenvalue weighted by Gasteiger charge is -2.27. The van der Waals surface area contributed by atoms with Crippen LogP contribution in [0.4, 0.5) is 11.4 Å². The number of fused-ring (bicyclic) bond motifs is 1. The summed E-state index contributed by atoms with van der Waals surface area (Å²) in [5, 5.41) is 21.1. The standard InChI is InChI=1S/C25H19N3/c26-17-21-12-14-25(16-22(21)18-27)28(23-9-3-1-2-4-10-23)24-13-11-19-7-5-6-8-20(19)15-24/h3,5-16H,1-2,4H2. The maximum atomic E-state index is 9.47. The molecular formula is C25H19N3. The third kappa shape index (κ3) is 3.39. The molecule has 0 aromatic heterocycles. The Labute approximate surface area is 165 Å². The van der Waals surface area contributed by atoms with E-state index in [9.17, 15) is 10.5 Å². The highest BCUT2D eigenvalue weighted by Gasteiger charge is 2.16. The molecule has 0 unspecified atom stereocenters. The van der Waals surface area contributed by atoms with Gasteiger partial charge in [0.25, 0.3) is 0 Å². The van der Waals surface area contributed by atoms with Gasteiger partial charge in [-0.05, 0) is 66.4 Å². The Morgan fingerprint density at radius 1 is 0.750 bits per heavy atom. The molecule has 0 saturated heterocycles. The largest absolute Gasteiger partial charge is 0.311 e. The van der Waals surface area contributed by atoms with Gasteiger partial charge >= 0.3 is 0 Å². The topological polar surface area (TPSA) is 50.8 Å². The minimum Gasteiger partial charge on any atom is -0.311 e. The van der Waals surface area contributed by atoms with Crippen molar-refractivity contribution in [3.05, 3.63) is 95.7 Å². The first kappa shape index (κ1) is 17.6. The van der Waals surface area contributed by atoms with E-state index in [1.807, 2.05) is 18.2 Å². The van der Waals surface area contributed by atoms with E-state index in [4.69, 9.17) is 0 Å². The normalized spacial score (nSPS) is 13.3. The molecule has 0 atom stereocenters. The van der Waals surface area contributed by atoms with Gasteiger partial charge in [0, 0.05) is 17.1 Å². The van der Waals surface area contributed by atoms with Crippen LogP contribution in [0.2, 0.25) is 0 Å². The monoisotopic (exact) mass is 361 g/mol. The molecule has 3 nitrogen and oxygen atoms in total. The van der Waals surface area contributed by atoms with Crippen LogP contribution in [0.3, 0.4) is 0 Å². The van der Waals surface area contributed by atoms with Gasteiger partial charge in [-0.15, -0.1) is 0 Å². The van der Waals surface area contributed by atoms with Crippen LogP contribution in [0.5, 0.6) is 0 Å². The molecule has 0 heterocycles. The van der Waals surface area contributed by atoms with Gasteiger partial charge in [-0.3, -0.25) is 0 Å². The number of hydrogen-bond acceptors (Lipinski definition) is 3. The molecule has 0 spiro atoms. The highest BCUT2D eigenvalue weighted by Crippen LogP contribution is 2.34. The highest BCUT2D eigenvalue weighted by atomic mass is 15.1. The fourth-order valence-electron chi connectivity index (χ4n) is 3.55. The zero-order chi connectivity index (χ0) is 19.3. The van der Waals surface area contributed by atoms with Crippen LogP contribution in [0.25, 0.3) is 10.8 Å². The Morgan fingerprint density at radius 2 is 1.50 bits per heavy atom. The van der Waals surface area contributed by atoms with E-state index in [-0.39, 0.29) is 0 Å². The second-order valence-corrected chi connectivity index (χ2v) is 6.78. The Hall–Kier alpha value is -3.82. The molecular weight excluding hydrogens is 342 g/mol. The minimum absolute atomic E-state index is 0.393. The number of rotatable bonds is 3. The molecule has 0 aliphatic heterocycles. The summed E-state index contributed by atoms with van der Waals surface area (Å²) >= 11 is 0. The van der Waals surface area contributed by atoms with Crippen LogP contribution in [0, 0.1) is 22.7 Å². The van der Waals surface area contributed by atoms with Crippen molar-refractivity contribution in [2.45, 2.75) is 19.3 Å². The average Bonchev–Trinajstić information content (AvgIpc) is 3.03. The van der Waals surface area contributed by atoms with Gasteiger partial charge in [-0.25, -0.2) is 0 Å². The fraction of sp³-hybridized carbons (Fsp3) is 0.120. The first-order valence-corrected chi connectivity index (χ1v) is 9.40. The molecule has 28 heavy (non-hydrogen) atoms. The SMILES string of the molecule is N#Cc1ccc(N(C2=CCCCC=C2)c2ccc3ccccc3c2)cc1C#N. The molecule has 134 valence electrons. The summed E-state index contributed by atoms with van der Waals surface area (Å²) in [6, 6.07) is 24.4. The van der Waals surface area contributed by atoms with Crippen LogP contribution in [0.15, 0.2) is 84.6 Å². The molecule has 3 aromatic rings. The van der Waals surface area contributed by atoms with Crippen molar-refractivity contribution >= 4 is 22.1 Å². The summed E-state index contributed by atoms with van der Waals surface area (Å²) in [6.07, 6.45) is 9.77. The molecule has 1 aliphatic carbocycles. The van der Waals surface area contributed by atoms with Gasteiger partial charge in [-0.1, -0.05) is 42.5 Å². The van der Waals surface area contributed by atoms with Crippen LogP contribution in [0.1, 0.15) is 30.4 Å². The first-order valence-electron chi connectivity index (χ1n) is 9.40. The summed E-state index contributed by atoms with van der Waals surface area (Å²) < 4.78 is 0. The van der Waals surface area contributed by atoms with E-state index in [1.165, 1.54) is 5.39 Å². The number of nitriles is 2. The van der Waals surface area contributed by atoms with E-state index in [1.54, 1.807) is 12.1 Å². The lowest BCUT2D eigenvalue weighted by Crippen LogP contribution is -2.15. The Kier molecular flexibility index (Phi) is 4.91. The van der Waals surface area contributed by atoms with Crippen molar-refractivity contribution in [3.63, 3.8) is 0 Å². The van der Waals surface area contributed by atoms with Gasteiger partial charge in [0.05, 0.1) is 11.1 Å². The molecule has 0 fully saturated rings. The summed E-state index contributed by atoms with van der Waals surface area (Å²) in [7, 11) is 0. The van der Waals surface area contributed by atoms with Gasteiger partial charge < -0.3 is 4.90 Å². The first-order chi connectivity index (χ1) is 13.8. The second-order valence-electron chi connectivity index (χ2n) is 6.78. The van der Waals surface area contributed by atoms with E-state index in [0.29, 0.717) is 11.1 Å². The highest BCUT2D eigenvalue weighted by molar-refractivity contribution is 5.88. The van der Waals surface area contributed by atoms with Crippen LogP contribution in [-0.2, 0) is 0 Å². The smallest absolute Gasteiger partial charge is 0.101 e. The van der Waals surface area contributed by atoms with Gasteiger partial charge in [-0.2, -0.15) is 10.5 Å². The minimum atomic E-state index is 0.393. The Morgan fingerprint density at radius 3 is 2.32 bits per heavy atom. The molecule has 0 saturated carbocycles. The molecule has 4 rings (SSSR count).